The number of hydrogen-bond donors (Lipinski definition) is 2. The molecule has 8 heteroatoms. The maximum Gasteiger partial charge on any atom is 0.280 e. The average molecular weight is 345 g/mol. The van der Waals surface area contributed by atoms with Crippen LogP contribution in [0.15, 0.2) is 60.8 Å². The van der Waals surface area contributed by atoms with Crippen LogP contribution in [0.4, 0.5) is 20.2 Å². The van der Waals surface area contributed by atoms with E-state index in [9.17, 15) is 18.4 Å². The highest BCUT2D eigenvalue weighted by Gasteiger charge is 2.50. The summed E-state index contributed by atoms with van der Waals surface area (Å²) in [6.45, 7) is 0. The van der Waals surface area contributed by atoms with Gasteiger partial charge in [-0.05, 0) is 54.6 Å². The van der Waals surface area contributed by atoms with E-state index in [1.807, 2.05) is 0 Å². The number of anilines is 2. The first kappa shape index (κ1) is 16.6. The molecule has 3 N–H and O–H groups in total. The minimum Gasteiger partial charge on any atom is -0.366 e. The zero-order chi connectivity index (χ0) is 18.0. The number of nitrogens with one attached hydrogen (secondary N) is 1. The Morgan fingerprint density at radius 3 is 1.80 bits per heavy atom. The van der Waals surface area contributed by atoms with Crippen LogP contribution in [-0.2, 0) is 14.4 Å². The van der Waals surface area contributed by atoms with Gasteiger partial charge in [0.05, 0.1) is 0 Å². The lowest BCUT2D eigenvalue weighted by Gasteiger charge is -2.30. The molecule has 1 atom stereocenters. The normalized spacial score (nSPS) is 18.6. The Kier molecular flexibility index (Phi) is 4.20. The Bertz CT molecular complexity index is 792. The number of nitrogens with two attached hydrogens (primary N) is 1. The van der Waals surface area contributed by atoms with Crippen LogP contribution < -0.4 is 16.1 Å². The summed E-state index contributed by atoms with van der Waals surface area (Å²) in [6, 6.07) is 9.99. The van der Waals surface area contributed by atoms with Crippen LogP contribution in [0.3, 0.4) is 0 Å². The first-order valence-corrected chi connectivity index (χ1v) is 7.21. The fourth-order valence-corrected chi connectivity index (χ4v) is 2.40. The molecule has 25 heavy (non-hydrogen) atoms. The summed E-state index contributed by atoms with van der Waals surface area (Å²) < 4.78 is 26.5. The number of hydroxylamine groups is 1. The standard InChI is InChI=1S/C17H13F2N3O3/c18-11-1-5-13(6-2-11)22(14-7-3-12(19)4-8-14)16(24)17(15(20)23)9-10-21-25-17/h1-10,21H,(H2,20,23). The van der Waals surface area contributed by atoms with E-state index in [0.717, 1.165) is 29.2 Å². The summed E-state index contributed by atoms with van der Waals surface area (Å²) in [5.74, 6) is -2.87. The Morgan fingerprint density at radius 1 is 0.960 bits per heavy atom. The molecule has 2 aromatic carbocycles. The molecule has 1 aliphatic rings. The molecule has 0 aliphatic carbocycles. The smallest absolute Gasteiger partial charge is 0.280 e. The number of amides is 2. The Hall–Kier alpha value is -3.26. The number of rotatable bonds is 4. The highest BCUT2D eigenvalue weighted by Crippen LogP contribution is 2.31. The van der Waals surface area contributed by atoms with Crippen LogP contribution >= 0.6 is 0 Å². The summed E-state index contributed by atoms with van der Waals surface area (Å²) in [7, 11) is 0. The molecule has 0 fully saturated rings. The van der Waals surface area contributed by atoms with Crippen LogP contribution in [0, 0.1) is 11.6 Å². The molecule has 1 unspecified atom stereocenters. The molecular formula is C17H13F2N3O3. The topological polar surface area (TPSA) is 84.7 Å². The fourth-order valence-electron chi connectivity index (χ4n) is 2.40. The second-order valence-electron chi connectivity index (χ2n) is 5.25. The molecule has 0 bridgehead atoms. The van der Waals surface area contributed by atoms with Crippen LogP contribution in [0.1, 0.15) is 0 Å². The molecule has 128 valence electrons. The zero-order valence-corrected chi connectivity index (χ0v) is 12.8. The van der Waals surface area contributed by atoms with Crippen LogP contribution in [-0.4, -0.2) is 17.4 Å². The molecule has 0 spiro atoms. The van der Waals surface area contributed by atoms with Gasteiger partial charge in [0.15, 0.2) is 0 Å². The van der Waals surface area contributed by atoms with Gasteiger partial charge >= 0.3 is 0 Å². The van der Waals surface area contributed by atoms with Gasteiger partial charge in [0, 0.05) is 17.6 Å². The maximum atomic E-state index is 13.2. The Balaban J connectivity index is 2.12. The van der Waals surface area contributed by atoms with Crippen molar-refractivity contribution in [3.05, 3.63) is 72.4 Å². The third kappa shape index (κ3) is 2.94. The predicted octanol–water partition coefficient (Wildman–Crippen LogP) is 1.90. The van der Waals surface area contributed by atoms with Crippen molar-refractivity contribution in [1.82, 2.24) is 5.48 Å². The van der Waals surface area contributed by atoms with Gasteiger partial charge in [-0.25, -0.2) is 13.6 Å². The molecular weight excluding hydrogens is 332 g/mol. The second kappa shape index (κ2) is 6.33. The largest absolute Gasteiger partial charge is 0.366 e. The number of primary amides is 1. The van der Waals surface area contributed by atoms with E-state index in [4.69, 9.17) is 10.6 Å². The van der Waals surface area contributed by atoms with Crippen molar-refractivity contribution in [1.29, 1.82) is 0 Å². The van der Waals surface area contributed by atoms with Gasteiger partial charge in [0.2, 0.25) is 0 Å². The van der Waals surface area contributed by atoms with Gasteiger partial charge in [0.1, 0.15) is 11.6 Å². The van der Waals surface area contributed by atoms with Crippen molar-refractivity contribution in [2.45, 2.75) is 5.60 Å². The molecule has 2 aromatic rings. The van der Waals surface area contributed by atoms with Gasteiger partial charge in [-0.15, -0.1) is 0 Å². The molecule has 1 aliphatic heterocycles. The van der Waals surface area contributed by atoms with Gasteiger partial charge < -0.3 is 5.73 Å². The number of benzene rings is 2. The lowest BCUT2D eigenvalue weighted by Crippen LogP contribution is -2.56. The van der Waals surface area contributed by atoms with E-state index >= 15 is 0 Å². The summed E-state index contributed by atoms with van der Waals surface area (Å²) in [5.41, 5.74) is 6.08. The molecule has 0 saturated carbocycles. The molecule has 1 heterocycles. The number of carbonyl (C=O) groups is 2. The summed E-state index contributed by atoms with van der Waals surface area (Å²) in [5, 5.41) is 0. The van der Waals surface area contributed by atoms with Crippen LogP contribution in [0.25, 0.3) is 0 Å². The SMILES string of the molecule is NC(=O)C1(C(=O)N(c2ccc(F)cc2)c2ccc(F)cc2)C=CNO1. The van der Waals surface area contributed by atoms with E-state index in [1.54, 1.807) is 0 Å². The quantitative estimate of drug-likeness (QED) is 0.829. The number of nitrogens with zero attached hydrogens (tertiary/aromatic N) is 1. The zero-order valence-electron chi connectivity index (χ0n) is 12.8. The summed E-state index contributed by atoms with van der Waals surface area (Å²) >= 11 is 0. The minimum atomic E-state index is -2.08. The highest BCUT2D eigenvalue weighted by molar-refractivity contribution is 6.19. The van der Waals surface area contributed by atoms with Crippen molar-refractivity contribution in [2.24, 2.45) is 5.73 Å². The molecule has 6 nitrogen and oxygen atoms in total. The predicted molar refractivity (Wildman–Crippen MR) is 85.2 cm³/mol. The molecule has 3 rings (SSSR count). The Morgan fingerprint density at radius 2 is 1.44 bits per heavy atom. The van der Waals surface area contributed by atoms with E-state index in [2.05, 4.69) is 5.48 Å². The van der Waals surface area contributed by atoms with Crippen molar-refractivity contribution >= 4 is 23.2 Å². The second-order valence-corrected chi connectivity index (χ2v) is 5.25. The minimum absolute atomic E-state index is 0.252. The first-order chi connectivity index (χ1) is 11.9. The van der Waals surface area contributed by atoms with Crippen LogP contribution in [0.2, 0.25) is 0 Å². The van der Waals surface area contributed by atoms with Gasteiger partial charge in [-0.1, -0.05) is 0 Å². The summed E-state index contributed by atoms with van der Waals surface area (Å²) in [6.07, 6.45) is 2.44. The Labute approximate surface area is 141 Å². The summed E-state index contributed by atoms with van der Waals surface area (Å²) in [4.78, 5) is 31.1. The average Bonchev–Trinajstić information content (AvgIpc) is 3.09. The lowest BCUT2D eigenvalue weighted by molar-refractivity contribution is -0.153. The number of carbonyl (C=O) groups excluding carboxylic acids is 2. The van der Waals surface area contributed by atoms with E-state index in [1.165, 1.54) is 36.5 Å². The maximum absolute atomic E-state index is 13.2. The van der Waals surface area contributed by atoms with Gasteiger partial charge in [-0.2, -0.15) is 0 Å². The molecule has 0 radical (unpaired) electrons. The van der Waals surface area contributed by atoms with E-state index in [-0.39, 0.29) is 11.4 Å². The van der Waals surface area contributed by atoms with Gasteiger partial charge in [-0.3, -0.25) is 20.0 Å². The van der Waals surface area contributed by atoms with Crippen molar-refractivity contribution in [3.63, 3.8) is 0 Å². The van der Waals surface area contributed by atoms with E-state index in [0.29, 0.717) is 0 Å². The van der Waals surface area contributed by atoms with Crippen molar-refractivity contribution in [2.75, 3.05) is 4.90 Å². The highest BCUT2D eigenvalue weighted by atomic mass is 19.1. The van der Waals surface area contributed by atoms with Crippen LogP contribution in [0.5, 0.6) is 0 Å². The molecule has 2 amide bonds. The third-order valence-electron chi connectivity index (χ3n) is 3.66. The molecule has 0 aromatic heterocycles. The molecule has 0 saturated heterocycles. The number of halogens is 2. The van der Waals surface area contributed by atoms with E-state index < -0.39 is 29.0 Å². The fraction of sp³-hybridized carbons (Fsp3) is 0.0588. The first-order valence-electron chi connectivity index (χ1n) is 7.21. The third-order valence-corrected chi connectivity index (χ3v) is 3.66. The van der Waals surface area contributed by atoms with Gasteiger partial charge in [0.25, 0.3) is 17.4 Å². The van der Waals surface area contributed by atoms with Crippen molar-refractivity contribution in [3.8, 4) is 0 Å². The monoisotopic (exact) mass is 345 g/mol. The lowest BCUT2D eigenvalue weighted by atomic mass is 10.0. The van der Waals surface area contributed by atoms with Crippen molar-refractivity contribution < 1.29 is 23.2 Å². The number of hydrogen-bond acceptors (Lipinski definition) is 4.